The molecule has 11 rings (SSSR count). The Morgan fingerprint density at radius 3 is 1.50 bits per heavy atom. The average molecular weight is 766 g/mol. The number of anilines is 3. The second kappa shape index (κ2) is 15.1. The lowest BCUT2D eigenvalue weighted by Crippen LogP contribution is -2.11. The lowest BCUT2D eigenvalue weighted by atomic mass is 9.94. The SMILES string of the molecule is c1ccc(-c2ccc(-c3ccc(N(c4ccc(-c5cccc6c5oc5ccccc56)cc4)c4ccccc4-c4cccc(-c5cccc6ccccc56)c4)cc3)cc2)cc1. The summed E-state index contributed by atoms with van der Waals surface area (Å²) in [7, 11) is 0. The van der Waals surface area contributed by atoms with Gasteiger partial charge in [-0.25, -0.2) is 0 Å². The van der Waals surface area contributed by atoms with Gasteiger partial charge in [0, 0.05) is 33.3 Å². The Morgan fingerprint density at radius 1 is 0.283 bits per heavy atom. The molecule has 0 aliphatic rings. The lowest BCUT2D eigenvalue weighted by Gasteiger charge is -2.28. The molecule has 0 aliphatic carbocycles. The molecule has 0 radical (unpaired) electrons. The molecule has 0 unspecified atom stereocenters. The van der Waals surface area contributed by atoms with Gasteiger partial charge in [0.25, 0.3) is 0 Å². The molecule has 282 valence electrons. The number of nitrogens with zero attached hydrogens (tertiary/aromatic N) is 1. The van der Waals surface area contributed by atoms with Crippen molar-refractivity contribution in [1.29, 1.82) is 0 Å². The molecule has 0 aliphatic heterocycles. The van der Waals surface area contributed by atoms with Crippen LogP contribution in [0.1, 0.15) is 0 Å². The fourth-order valence-electron chi connectivity index (χ4n) is 8.72. The van der Waals surface area contributed by atoms with Crippen molar-refractivity contribution in [2.45, 2.75) is 0 Å². The zero-order chi connectivity index (χ0) is 39.8. The highest BCUT2D eigenvalue weighted by atomic mass is 16.3. The van der Waals surface area contributed by atoms with Gasteiger partial charge in [0.15, 0.2) is 0 Å². The largest absolute Gasteiger partial charge is 0.455 e. The smallest absolute Gasteiger partial charge is 0.143 e. The summed E-state index contributed by atoms with van der Waals surface area (Å²) in [4.78, 5) is 2.38. The molecule has 2 heteroatoms. The van der Waals surface area contributed by atoms with Gasteiger partial charge in [0.2, 0.25) is 0 Å². The van der Waals surface area contributed by atoms with Crippen LogP contribution >= 0.6 is 0 Å². The van der Waals surface area contributed by atoms with Crippen LogP contribution in [0.4, 0.5) is 17.1 Å². The molecule has 60 heavy (non-hydrogen) atoms. The van der Waals surface area contributed by atoms with Crippen LogP contribution in [0.15, 0.2) is 241 Å². The number of hydrogen-bond acceptors (Lipinski definition) is 2. The van der Waals surface area contributed by atoms with Crippen molar-refractivity contribution in [2.24, 2.45) is 0 Å². The first-order valence-corrected chi connectivity index (χ1v) is 20.5. The highest BCUT2D eigenvalue weighted by Gasteiger charge is 2.19. The monoisotopic (exact) mass is 765 g/mol. The van der Waals surface area contributed by atoms with E-state index in [0.717, 1.165) is 61.3 Å². The number of benzene rings is 10. The van der Waals surface area contributed by atoms with Crippen LogP contribution in [-0.2, 0) is 0 Å². The number of furan rings is 1. The highest BCUT2D eigenvalue weighted by Crippen LogP contribution is 2.44. The predicted octanol–water partition coefficient (Wildman–Crippen LogP) is 16.5. The number of hydrogen-bond donors (Lipinski definition) is 0. The van der Waals surface area contributed by atoms with Crippen LogP contribution in [-0.4, -0.2) is 0 Å². The summed E-state index contributed by atoms with van der Waals surface area (Å²) in [5.74, 6) is 0. The van der Waals surface area contributed by atoms with E-state index in [4.69, 9.17) is 4.42 Å². The van der Waals surface area contributed by atoms with Crippen molar-refractivity contribution in [2.75, 3.05) is 4.90 Å². The van der Waals surface area contributed by atoms with Gasteiger partial charge in [-0.1, -0.05) is 194 Å². The Morgan fingerprint density at radius 2 is 0.750 bits per heavy atom. The number of para-hydroxylation sites is 3. The van der Waals surface area contributed by atoms with E-state index in [1.54, 1.807) is 0 Å². The molecule has 1 heterocycles. The summed E-state index contributed by atoms with van der Waals surface area (Å²) in [6.45, 7) is 0. The second-order valence-corrected chi connectivity index (χ2v) is 15.3. The third kappa shape index (κ3) is 6.41. The van der Waals surface area contributed by atoms with Crippen LogP contribution in [0, 0.1) is 0 Å². The van der Waals surface area contributed by atoms with E-state index in [-0.39, 0.29) is 0 Å². The van der Waals surface area contributed by atoms with E-state index in [1.807, 2.05) is 12.1 Å². The number of fused-ring (bicyclic) bond motifs is 4. The van der Waals surface area contributed by atoms with Crippen molar-refractivity contribution >= 4 is 49.8 Å². The summed E-state index contributed by atoms with van der Waals surface area (Å²) in [5.41, 5.74) is 16.7. The third-order valence-electron chi connectivity index (χ3n) is 11.7. The molecule has 0 atom stereocenters. The maximum absolute atomic E-state index is 6.45. The molecular weight excluding hydrogens is 727 g/mol. The molecule has 0 amide bonds. The Balaban J connectivity index is 1.01. The van der Waals surface area contributed by atoms with Crippen molar-refractivity contribution in [3.63, 3.8) is 0 Å². The fourth-order valence-corrected chi connectivity index (χ4v) is 8.72. The van der Waals surface area contributed by atoms with E-state index < -0.39 is 0 Å². The Hall–Kier alpha value is -7.94. The maximum Gasteiger partial charge on any atom is 0.143 e. The Labute approximate surface area is 349 Å². The van der Waals surface area contributed by atoms with Crippen LogP contribution in [0.3, 0.4) is 0 Å². The number of rotatable bonds is 8. The minimum Gasteiger partial charge on any atom is -0.455 e. The van der Waals surface area contributed by atoms with E-state index in [0.29, 0.717) is 0 Å². The van der Waals surface area contributed by atoms with E-state index in [1.165, 1.54) is 44.2 Å². The van der Waals surface area contributed by atoms with Crippen molar-refractivity contribution in [3.8, 4) is 55.6 Å². The topological polar surface area (TPSA) is 16.4 Å². The molecule has 11 aromatic rings. The van der Waals surface area contributed by atoms with Gasteiger partial charge in [0.1, 0.15) is 11.2 Å². The summed E-state index contributed by atoms with van der Waals surface area (Å²) in [6.07, 6.45) is 0. The van der Waals surface area contributed by atoms with Crippen molar-refractivity contribution < 1.29 is 4.42 Å². The summed E-state index contributed by atoms with van der Waals surface area (Å²) < 4.78 is 6.45. The molecule has 0 fully saturated rings. The first-order chi connectivity index (χ1) is 29.7. The second-order valence-electron chi connectivity index (χ2n) is 15.3. The zero-order valence-corrected chi connectivity index (χ0v) is 32.9. The van der Waals surface area contributed by atoms with E-state index in [2.05, 4.69) is 229 Å². The molecule has 2 nitrogen and oxygen atoms in total. The zero-order valence-electron chi connectivity index (χ0n) is 32.9. The minimum absolute atomic E-state index is 0.902. The normalized spacial score (nSPS) is 11.3. The fraction of sp³-hybridized carbons (Fsp3) is 0. The van der Waals surface area contributed by atoms with Gasteiger partial charge >= 0.3 is 0 Å². The standard InChI is InChI=1S/C58H39NO/c1-2-13-40(14-3-1)41-27-29-42(30-28-41)43-31-35-48(36-32-43)59(49-37-33-45(34-38-49)53-23-12-24-55-54-21-7-9-26-57(54)60-58(53)55)56-25-8-6-20-52(56)47-18-10-17-46(39-47)51-22-11-16-44-15-4-5-19-50(44)51/h1-39H. The lowest BCUT2D eigenvalue weighted by molar-refractivity contribution is 0.670. The van der Waals surface area contributed by atoms with E-state index >= 15 is 0 Å². The van der Waals surface area contributed by atoms with Crippen LogP contribution < -0.4 is 4.90 Å². The summed E-state index contributed by atoms with van der Waals surface area (Å²) in [6, 6.07) is 84.8. The van der Waals surface area contributed by atoms with Crippen molar-refractivity contribution in [1.82, 2.24) is 0 Å². The predicted molar refractivity (Wildman–Crippen MR) is 253 cm³/mol. The first kappa shape index (κ1) is 35.2. The quantitative estimate of drug-likeness (QED) is 0.153. The van der Waals surface area contributed by atoms with E-state index in [9.17, 15) is 0 Å². The van der Waals surface area contributed by atoms with Gasteiger partial charge in [0.05, 0.1) is 5.69 Å². The molecular formula is C58H39NO. The van der Waals surface area contributed by atoms with Crippen LogP contribution in [0.5, 0.6) is 0 Å². The van der Waals surface area contributed by atoms with Gasteiger partial charge in [-0.2, -0.15) is 0 Å². The van der Waals surface area contributed by atoms with Gasteiger partial charge in [-0.15, -0.1) is 0 Å². The molecule has 1 aromatic heterocycles. The van der Waals surface area contributed by atoms with Gasteiger partial charge in [-0.05, 0) is 97.7 Å². The third-order valence-corrected chi connectivity index (χ3v) is 11.7. The highest BCUT2D eigenvalue weighted by molar-refractivity contribution is 6.09. The molecule has 0 bridgehead atoms. The minimum atomic E-state index is 0.902. The van der Waals surface area contributed by atoms with Crippen LogP contribution in [0.2, 0.25) is 0 Å². The molecule has 0 spiro atoms. The average Bonchev–Trinajstić information content (AvgIpc) is 3.72. The van der Waals surface area contributed by atoms with Crippen molar-refractivity contribution in [3.05, 3.63) is 237 Å². The molecule has 0 saturated heterocycles. The summed E-state index contributed by atoms with van der Waals surface area (Å²) >= 11 is 0. The molecule has 10 aromatic carbocycles. The Kier molecular flexibility index (Phi) is 8.87. The molecule has 0 N–H and O–H groups in total. The van der Waals surface area contributed by atoms with Crippen LogP contribution in [0.25, 0.3) is 88.3 Å². The maximum atomic E-state index is 6.45. The van der Waals surface area contributed by atoms with Gasteiger partial charge in [-0.3, -0.25) is 0 Å². The molecule has 0 saturated carbocycles. The Bertz CT molecular complexity index is 3280. The summed E-state index contributed by atoms with van der Waals surface area (Å²) in [5, 5.41) is 4.75. The first-order valence-electron chi connectivity index (χ1n) is 20.5. The van der Waals surface area contributed by atoms with Gasteiger partial charge < -0.3 is 9.32 Å².